The quantitative estimate of drug-likeness (QED) is 0.777. The molecule has 0 radical (unpaired) electrons. The van der Waals surface area contributed by atoms with Crippen molar-refractivity contribution >= 4 is 17.5 Å². The van der Waals surface area contributed by atoms with Gasteiger partial charge in [0.1, 0.15) is 5.82 Å². The predicted octanol–water partition coefficient (Wildman–Crippen LogP) is 2.74. The van der Waals surface area contributed by atoms with Crippen molar-refractivity contribution in [1.29, 1.82) is 0 Å². The van der Waals surface area contributed by atoms with Crippen molar-refractivity contribution in [3.63, 3.8) is 0 Å². The number of hydrogen-bond donors (Lipinski definition) is 3. The molecule has 1 fully saturated rings. The van der Waals surface area contributed by atoms with Crippen LogP contribution >= 0.6 is 0 Å². The highest BCUT2D eigenvalue weighted by Crippen LogP contribution is 2.36. The number of carboxylic acids is 1. The first-order valence-corrected chi connectivity index (χ1v) is 6.73. The lowest BCUT2D eigenvalue weighted by molar-refractivity contribution is 0.0696. The first-order valence-electron chi connectivity index (χ1n) is 6.73. The average molecular weight is 263 g/mol. The van der Waals surface area contributed by atoms with E-state index in [-0.39, 0.29) is 11.0 Å². The van der Waals surface area contributed by atoms with E-state index >= 15 is 0 Å². The van der Waals surface area contributed by atoms with Gasteiger partial charge in [0.25, 0.3) is 0 Å². The lowest BCUT2D eigenvalue weighted by atomic mass is 9.76. The Morgan fingerprint density at radius 2 is 2.16 bits per heavy atom. The maximum Gasteiger partial charge on any atom is 0.337 e. The summed E-state index contributed by atoms with van der Waals surface area (Å²) in [5.74, 6) is -0.429. The molecule has 1 aromatic rings. The van der Waals surface area contributed by atoms with Crippen molar-refractivity contribution < 1.29 is 9.90 Å². The Balaban J connectivity index is 2.01. The number of aromatic carboxylic acids is 1. The molecule has 0 spiro atoms. The summed E-state index contributed by atoms with van der Waals surface area (Å²) in [4.78, 5) is 14.9. The van der Waals surface area contributed by atoms with Crippen LogP contribution in [0.1, 0.15) is 49.4 Å². The van der Waals surface area contributed by atoms with Crippen LogP contribution in [-0.2, 0) is 0 Å². The SMILES string of the molecule is CC1(CNc2ncc(C(=O)O)cc2N)CCCCC1. The molecule has 5 nitrogen and oxygen atoms in total. The second kappa shape index (κ2) is 5.47. The Kier molecular flexibility index (Phi) is 3.93. The highest BCUT2D eigenvalue weighted by Gasteiger charge is 2.26. The van der Waals surface area contributed by atoms with Crippen LogP contribution in [0.25, 0.3) is 0 Å². The number of nitrogens with one attached hydrogen (secondary N) is 1. The fourth-order valence-corrected chi connectivity index (χ4v) is 2.63. The molecule has 4 N–H and O–H groups in total. The number of rotatable bonds is 4. The van der Waals surface area contributed by atoms with Gasteiger partial charge >= 0.3 is 5.97 Å². The van der Waals surface area contributed by atoms with E-state index in [2.05, 4.69) is 17.2 Å². The van der Waals surface area contributed by atoms with Crippen molar-refractivity contribution in [3.05, 3.63) is 17.8 Å². The molecule has 1 saturated carbocycles. The zero-order valence-electron chi connectivity index (χ0n) is 11.3. The smallest absolute Gasteiger partial charge is 0.337 e. The number of aromatic nitrogens is 1. The molecular formula is C14H21N3O2. The maximum absolute atomic E-state index is 10.8. The Morgan fingerprint density at radius 1 is 1.47 bits per heavy atom. The molecule has 5 heteroatoms. The van der Waals surface area contributed by atoms with E-state index < -0.39 is 5.97 Å². The van der Waals surface area contributed by atoms with E-state index in [0.29, 0.717) is 11.5 Å². The first kappa shape index (κ1) is 13.6. The molecule has 0 bridgehead atoms. The maximum atomic E-state index is 10.8. The van der Waals surface area contributed by atoms with Crippen molar-refractivity contribution in [2.45, 2.75) is 39.0 Å². The minimum atomic E-state index is -1.01. The van der Waals surface area contributed by atoms with E-state index in [1.54, 1.807) is 0 Å². The molecule has 19 heavy (non-hydrogen) atoms. The highest BCUT2D eigenvalue weighted by molar-refractivity contribution is 5.89. The van der Waals surface area contributed by atoms with Gasteiger partial charge in [0.05, 0.1) is 11.3 Å². The van der Waals surface area contributed by atoms with Crippen LogP contribution in [0.3, 0.4) is 0 Å². The Labute approximate surface area is 113 Å². The zero-order valence-corrected chi connectivity index (χ0v) is 11.3. The van der Waals surface area contributed by atoms with Crippen molar-refractivity contribution in [2.75, 3.05) is 17.6 Å². The van der Waals surface area contributed by atoms with Gasteiger partial charge in [-0.05, 0) is 24.3 Å². The molecule has 104 valence electrons. The molecule has 0 saturated heterocycles. The van der Waals surface area contributed by atoms with Gasteiger partial charge in [-0.1, -0.05) is 26.2 Å². The molecule has 0 aliphatic heterocycles. The van der Waals surface area contributed by atoms with Crippen molar-refractivity contribution in [3.8, 4) is 0 Å². The molecule has 0 amide bonds. The Hall–Kier alpha value is -1.78. The lowest BCUT2D eigenvalue weighted by Gasteiger charge is -2.33. The van der Waals surface area contributed by atoms with Gasteiger partial charge < -0.3 is 16.2 Å². The largest absolute Gasteiger partial charge is 0.478 e. The molecule has 1 aliphatic carbocycles. The summed E-state index contributed by atoms with van der Waals surface area (Å²) < 4.78 is 0. The topological polar surface area (TPSA) is 88.2 Å². The molecule has 0 unspecified atom stereocenters. The standard InChI is InChI=1S/C14H21N3O2/c1-14(5-3-2-4-6-14)9-17-12-11(15)7-10(8-16-12)13(18)19/h7-8H,2-6,9,15H2,1H3,(H,16,17)(H,18,19). The zero-order chi connectivity index (χ0) is 13.9. The fraction of sp³-hybridized carbons (Fsp3) is 0.571. The minimum absolute atomic E-state index is 0.118. The van der Waals surface area contributed by atoms with Gasteiger partial charge in [-0.25, -0.2) is 9.78 Å². The van der Waals surface area contributed by atoms with Gasteiger partial charge in [0, 0.05) is 12.7 Å². The Morgan fingerprint density at radius 3 is 2.74 bits per heavy atom. The van der Waals surface area contributed by atoms with E-state index in [1.807, 2.05) is 0 Å². The molecule has 1 aliphatic rings. The fourth-order valence-electron chi connectivity index (χ4n) is 2.63. The van der Waals surface area contributed by atoms with E-state index in [4.69, 9.17) is 10.8 Å². The number of nitrogen functional groups attached to an aromatic ring is 1. The van der Waals surface area contributed by atoms with Crippen molar-refractivity contribution in [1.82, 2.24) is 4.98 Å². The van der Waals surface area contributed by atoms with Crippen LogP contribution in [0.4, 0.5) is 11.5 Å². The minimum Gasteiger partial charge on any atom is -0.478 e. The molecule has 1 aromatic heterocycles. The van der Waals surface area contributed by atoms with Crippen LogP contribution in [0.15, 0.2) is 12.3 Å². The third kappa shape index (κ3) is 3.36. The summed E-state index contributed by atoms with van der Waals surface area (Å²) in [6, 6.07) is 1.45. The number of carboxylic acid groups (broad SMARTS) is 1. The van der Waals surface area contributed by atoms with Gasteiger partial charge in [-0.2, -0.15) is 0 Å². The summed E-state index contributed by atoms with van der Waals surface area (Å²) in [6.45, 7) is 3.11. The lowest BCUT2D eigenvalue weighted by Crippen LogP contribution is -2.29. The second-order valence-corrected chi connectivity index (χ2v) is 5.69. The number of anilines is 2. The summed E-state index contributed by atoms with van der Waals surface area (Å²) in [5.41, 5.74) is 6.62. The highest BCUT2D eigenvalue weighted by atomic mass is 16.4. The van der Waals surface area contributed by atoms with E-state index in [1.165, 1.54) is 44.4 Å². The third-order valence-corrected chi connectivity index (χ3v) is 3.91. The number of pyridine rings is 1. The number of nitrogens with zero attached hydrogens (tertiary/aromatic N) is 1. The molecule has 2 rings (SSSR count). The van der Waals surface area contributed by atoms with Crippen LogP contribution in [0.5, 0.6) is 0 Å². The number of carbonyl (C=O) groups is 1. The van der Waals surface area contributed by atoms with Crippen molar-refractivity contribution in [2.24, 2.45) is 5.41 Å². The number of nitrogens with two attached hydrogens (primary N) is 1. The summed E-state index contributed by atoms with van der Waals surface area (Å²) in [6.07, 6.45) is 7.64. The third-order valence-electron chi connectivity index (χ3n) is 3.91. The average Bonchev–Trinajstić information content (AvgIpc) is 2.38. The first-order chi connectivity index (χ1) is 9.00. The number of hydrogen-bond acceptors (Lipinski definition) is 4. The van der Waals surface area contributed by atoms with E-state index in [0.717, 1.165) is 6.54 Å². The van der Waals surface area contributed by atoms with E-state index in [9.17, 15) is 4.79 Å². The summed E-state index contributed by atoms with van der Waals surface area (Å²) >= 11 is 0. The van der Waals surface area contributed by atoms with Gasteiger partial charge in [-0.3, -0.25) is 0 Å². The predicted molar refractivity (Wildman–Crippen MR) is 75.3 cm³/mol. The van der Waals surface area contributed by atoms with Crippen LogP contribution in [0, 0.1) is 5.41 Å². The summed E-state index contributed by atoms with van der Waals surface area (Å²) in [5, 5.41) is 12.1. The second-order valence-electron chi connectivity index (χ2n) is 5.69. The van der Waals surface area contributed by atoms with Crippen LogP contribution in [-0.4, -0.2) is 22.6 Å². The molecule has 1 heterocycles. The van der Waals surface area contributed by atoms with Gasteiger partial charge in [0.15, 0.2) is 0 Å². The van der Waals surface area contributed by atoms with Gasteiger partial charge in [0.2, 0.25) is 0 Å². The molecule has 0 aromatic carbocycles. The molecular weight excluding hydrogens is 242 g/mol. The summed E-state index contributed by atoms with van der Waals surface area (Å²) in [7, 11) is 0. The van der Waals surface area contributed by atoms with Crippen LogP contribution < -0.4 is 11.1 Å². The van der Waals surface area contributed by atoms with Gasteiger partial charge in [-0.15, -0.1) is 0 Å². The normalized spacial score (nSPS) is 17.9. The van der Waals surface area contributed by atoms with Crippen LogP contribution in [0.2, 0.25) is 0 Å². The Bertz CT molecular complexity index is 468. The monoisotopic (exact) mass is 263 g/mol. The molecule has 0 atom stereocenters.